The van der Waals surface area contributed by atoms with Crippen LogP contribution in [0.2, 0.25) is 0 Å². The fraction of sp³-hybridized carbons (Fsp3) is 0.0294. The lowest BCUT2D eigenvalue weighted by Crippen LogP contribution is -1.94. The Hall–Kier alpha value is -5.29. The van der Waals surface area contributed by atoms with Crippen LogP contribution >= 0.6 is 0 Å². The number of benzene rings is 5. The minimum atomic E-state index is 0.678. The standard InChI is InChI=1S/C34H22N4O/c1-21-17-23(34-36-19-35-20-37-34)11-13-25(21)22-12-15-29-28(18-22)26-14-16-31-32(27-9-5-6-10-30(27)39-31)33(26)38(29)24-7-3-2-4-8-24/h2-20H,1H3. The van der Waals surface area contributed by atoms with Gasteiger partial charge in [-0.05, 0) is 72.1 Å². The highest BCUT2D eigenvalue weighted by Gasteiger charge is 2.19. The summed E-state index contributed by atoms with van der Waals surface area (Å²) >= 11 is 0. The smallest absolute Gasteiger partial charge is 0.162 e. The highest BCUT2D eigenvalue weighted by atomic mass is 16.3. The van der Waals surface area contributed by atoms with Gasteiger partial charge in [0.05, 0.1) is 16.4 Å². The summed E-state index contributed by atoms with van der Waals surface area (Å²) in [5.74, 6) is 0.678. The summed E-state index contributed by atoms with van der Waals surface area (Å²) in [5.41, 5.74) is 9.76. The van der Waals surface area contributed by atoms with E-state index in [9.17, 15) is 0 Å². The molecular weight excluding hydrogens is 480 g/mol. The maximum atomic E-state index is 6.28. The van der Waals surface area contributed by atoms with Crippen LogP contribution in [0.4, 0.5) is 0 Å². The van der Waals surface area contributed by atoms with Crippen molar-refractivity contribution in [3.8, 4) is 28.2 Å². The second-order valence-corrected chi connectivity index (χ2v) is 9.83. The van der Waals surface area contributed by atoms with Gasteiger partial charge in [0, 0.05) is 27.4 Å². The molecule has 0 radical (unpaired) electrons. The predicted octanol–water partition coefficient (Wildman–Crippen LogP) is 8.51. The summed E-state index contributed by atoms with van der Waals surface area (Å²) in [4.78, 5) is 12.6. The van der Waals surface area contributed by atoms with E-state index in [1.54, 1.807) is 0 Å². The van der Waals surface area contributed by atoms with Gasteiger partial charge >= 0.3 is 0 Å². The van der Waals surface area contributed by atoms with Gasteiger partial charge in [0.25, 0.3) is 0 Å². The first-order valence-corrected chi connectivity index (χ1v) is 12.9. The van der Waals surface area contributed by atoms with Gasteiger partial charge in [-0.1, -0.05) is 54.6 Å². The SMILES string of the molecule is Cc1cc(-c2ncncn2)ccc1-c1ccc2c(c1)c1ccc3oc4ccccc4c3c1n2-c1ccccc1. The quantitative estimate of drug-likeness (QED) is 0.243. The third-order valence-corrected chi connectivity index (χ3v) is 7.57. The first-order chi connectivity index (χ1) is 19.3. The van der Waals surface area contributed by atoms with Gasteiger partial charge in [0.1, 0.15) is 23.8 Å². The Morgan fingerprint density at radius 1 is 0.641 bits per heavy atom. The number of nitrogens with zero attached hydrogens (tertiary/aromatic N) is 4. The van der Waals surface area contributed by atoms with Crippen LogP contribution in [0.25, 0.3) is 71.9 Å². The van der Waals surface area contributed by atoms with E-state index in [-0.39, 0.29) is 0 Å². The average molecular weight is 503 g/mol. The van der Waals surface area contributed by atoms with Crippen molar-refractivity contribution in [2.24, 2.45) is 0 Å². The number of para-hydroxylation sites is 2. The second kappa shape index (κ2) is 8.36. The second-order valence-electron chi connectivity index (χ2n) is 9.83. The molecular formula is C34H22N4O. The van der Waals surface area contributed by atoms with Gasteiger partial charge in [-0.3, -0.25) is 0 Å². The lowest BCUT2D eigenvalue weighted by atomic mass is 9.96. The highest BCUT2D eigenvalue weighted by molar-refractivity contribution is 6.24. The molecule has 5 heteroatoms. The molecule has 0 aliphatic heterocycles. The fourth-order valence-electron chi connectivity index (χ4n) is 5.84. The molecule has 0 aliphatic rings. The molecule has 3 heterocycles. The van der Waals surface area contributed by atoms with E-state index in [1.165, 1.54) is 40.1 Å². The molecule has 0 spiro atoms. The molecule has 0 N–H and O–H groups in total. The zero-order valence-electron chi connectivity index (χ0n) is 21.2. The van der Waals surface area contributed by atoms with E-state index < -0.39 is 0 Å². The largest absolute Gasteiger partial charge is 0.456 e. The predicted molar refractivity (Wildman–Crippen MR) is 157 cm³/mol. The van der Waals surface area contributed by atoms with Crippen molar-refractivity contribution >= 4 is 43.7 Å². The normalized spacial score (nSPS) is 11.7. The Kier molecular flexibility index (Phi) is 4.67. The van der Waals surface area contributed by atoms with E-state index in [1.807, 2.05) is 12.1 Å². The van der Waals surface area contributed by atoms with E-state index in [2.05, 4.69) is 117 Å². The number of furan rings is 1. The Balaban J connectivity index is 1.41. The van der Waals surface area contributed by atoms with Gasteiger partial charge in [0.15, 0.2) is 5.82 Å². The van der Waals surface area contributed by atoms with Gasteiger partial charge in [-0.25, -0.2) is 15.0 Å². The maximum absolute atomic E-state index is 6.28. The minimum Gasteiger partial charge on any atom is -0.456 e. The third-order valence-electron chi connectivity index (χ3n) is 7.57. The summed E-state index contributed by atoms with van der Waals surface area (Å²) in [6.45, 7) is 2.14. The number of hydrogen-bond acceptors (Lipinski definition) is 4. The number of aromatic nitrogens is 4. The highest BCUT2D eigenvalue weighted by Crippen LogP contribution is 2.42. The molecule has 3 aromatic heterocycles. The van der Waals surface area contributed by atoms with Crippen LogP contribution in [0, 0.1) is 6.92 Å². The fourth-order valence-corrected chi connectivity index (χ4v) is 5.84. The molecule has 0 bridgehead atoms. The number of fused-ring (bicyclic) bond motifs is 7. The summed E-state index contributed by atoms with van der Waals surface area (Å²) in [7, 11) is 0. The van der Waals surface area contributed by atoms with Crippen LogP contribution in [0.1, 0.15) is 5.56 Å². The topological polar surface area (TPSA) is 56.7 Å². The van der Waals surface area contributed by atoms with Crippen LogP contribution in [-0.2, 0) is 0 Å². The molecule has 5 aromatic carbocycles. The van der Waals surface area contributed by atoms with E-state index in [0.717, 1.165) is 44.2 Å². The minimum absolute atomic E-state index is 0.678. The zero-order valence-corrected chi connectivity index (χ0v) is 21.2. The summed E-state index contributed by atoms with van der Waals surface area (Å²) < 4.78 is 8.65. The Morgan fingerprint density at radius 2 is 1.44 bits per heavy atom. The van der Waals surface area contributed by atoms with Gasteiger partial charge in [-0.15, -0.1) is 0 Å². The van der Waals surface area contributed by atoms with E-state index in [0.29, 0.717) is 5.82 Å². The molecule has 0 aliphatic carbocycles. The molecule has 0 amide bonds. The van der Waals surface area contributed by atoms with Gasteiger partial charge < -0.3 is 8.98 Å². The summed E-state index contributed by atoms with van der Waals surface area (Å²) in [5, 5.41) is 4.68. The van der Waals surface area contributed by atoms with E-state index in [4.69, 9.17) is 4.42 Å². The molecule has 184 valence electrons. The lowest BCUT2D eigenvalue weighted by molar-refractivity contribution is 0.669. The Morgan fingerprint density at radius 3 is 2.28 bits per heavy atom. The first kappa shape index (κ1) is 21.8. The number of aryl methyl sites for hydroxylation is 1. The van der Waals surface area contributed by atoms with Gasteiger partial charge in [-0.2, -0.15) is 0 Å². The first-order valence-electron chi connectivity index (χ1n) is 12.9. The van der Waals surface area contributed by atoms with Crippen molar-refractivity contribution in [2.45, 2.75) is 6.92 Å². The van der Waals surface area contributed by atoms with Crippen LogP contribution in [-0.4, -0.2) is 19.5 Å². The molecule has 8 rings (SSSR count). The van der Waals surface area contributed by atoms with Crippen LogP contribution in [0.5, 0.6) is 0 Å². The van der Waals surface area contributed by atoms with Crippen molar-refractivity contribution < 1.29 is 4.42 Å². The number of hydrogen-bond donors (Lipinski definition) is 0. The molecule has 0 atom stereocenters. The van der Waals surface area contributed by atoms with Crippen LogP contribution in [0.15, 0.2) is 120 Å². The third kappa shape index (κ3) is 3.30. The van der Waals surface area contributed by atoms with Crippen molar-refractivity contribution in [1.82, 2.24) is 19.5 Å². The van der Waals surface area contributed by atoms with Crippen LogP contribution < -0.4 is 0 Å². The van der Waals surface area contributed by atoms with Crippen LogP contribution in [0.3, 0.4) is 0 Å². The monoisotopic (exact) mass is 502 g/mol. The van der Waals surface area contributed by atoms with Gasteiger partial charge in [0.2, 0.25) is 0 Å². The molecule has 39 heavy (non-hydrogen) atoms. The lowest BCUT2D eigenvalue weighted by Gasteiger charge is -2.10. The van der Waals surface area contributed by atoms with Crippen molar-refractivity contribution in [2.75, 3.05) is 0 Å². The molecule has 0 unspecified atom stereocenters. The molecule has 0 saturated carbocycles. The summed E-state index contributed by atoms with van der Waals surface area (Å²) in [6.07, 6.45) is 3.06. The van der Waals surface area contributed by atoms with E-state index >= 15 is 0 Å². The van der Waals surface area contributed by atoms with Crippen molar-refractivity contribution in [1.29, 1.82) is 0 Å². The zero-order chi connectivity index (χ0) is 25.9. The maximum Gasteiger partial charge on any atom is 0.162 e. The molecule has 8 aromatic rings. The molecule has 0 fully saturated rings. The Bertz CT molecular complexity index is 2180. The number of rotatable bonds is 3. The molecule has 0 saturated heterocycles. The van der Waals surface area contributed by atoms with Crippen molar-refractivity contribution in [3.63, 3.8) is 0 Å². The molecule has 5 nitrogen and oxygen atoms in total. The average Bonchev–Trinajstić information content (AvgIpc) is 3.53. The van der Waals surface area contributed by atoms with Crippen molar-refractivity contribution in [3.05, 3.63) is 121 Å². The summed E-state index contributed by atoms with van der Waals surface area (Å²) in [6, 6.07) is 36.3. The Labute approximate surface area is 224 Å².